The van der Waals surface area contributed by atoms with Crippen molar-refractivity contribution in [3.05, 3.63) is 134 Å². The minimum absolute atomic E-state index is 0. The number of fused-ring (bicyclic) bond motifs is 2. The molecular weight excluding hydrogens is 924 g/mol. The Hall–Kier alpha value is -2.15. The molecule has 0 saturated carbocycles. The summed E-state index contributed by atoms with van der Waals surface area (Å²) >= 11 is 6.27. The molecule has 0 saturated heterocycles. The van der Waals surface area contributed by atoms with Crippen LogP contribution in [0.3, 0.4) is 0 Å². The number of benzene rings is 2. The van der Waals surface area contributed by atoms with E-state index in [2.05, 4.69) is 81.2 Å². The Balaban J connectivity index is 0.000000269. The number of nitrogens with one attached hydrogen (secondary N) is 2. The molecule has 6 aromatic rings. The molecule has 0 atom stereocenters. The first kappa shape index (κ1) is 40.0. The normalized spacial score (nSPS) is 10.1. The molecule has 0 bridgehead atoms. The number of imidazole rings is 2. The molecule has 2 aromatic carbocycles. The predicted molar refractivity (Wildman–Crippen MR) is 198 cm³/mol. The maximum absolute atomic E-state index is 11.8. The summed E-state index contributed by atoms with van der Waals surface area (Å²) < 4.78 is 14.7. The molecule has 2 N–H and O–H groups in total. The van der Waals surface area contributed by atoms with E-state index >= 15 is 0 Å². The zero-order chi connectivity index (χ0) is 32.4. The van der Waals surface area contributed by atoms with Gasteiger partial charge in [0.2, 0.25) is 0 Å². The standard InChI is InChI=1S/C13H11IN4O2.C13H12N4O2.C4H9.I2.Li/c14-13-15-6-10-12(19)16-11(17-18(10)13)8-20-7-9-4-2-1-3-5-9;18-13-11-6-14-9-17(11)16-12(15-13)8-19-7-10-4-2-1-3-5-10;1-3-4-2;1-2;/h1-6H,7-8H2,(H,16,17,19);1-6,9H,7-8H2,(H,15,16,18);1,3-4H2,2H3;;/q;;-1;;+1. The van der Waals surface area contributed by atoms with Crippen LogP contribution in [0.2, 0.25) is 0 Å². The van der Waals surface area contributed by atoms with Crippen molar-refractivity contribution in [3.8, 4) is 0 Å². The summed E-state index contributed by atoms with van der Waals surface area (Å²) in [6.45, 7) is 7.17. The molecule has 4 aromatic heterocycles. The van der Waals surface area contributed by atoms with Crippen molar-refractivity contribution >= 4 is 70.9 Å². The fourth-order valence-corrected chi connectivity index (χ4v) is 4.11. The summed E-state index contributed by atoms with van der Waals surface area (Å²) in [5, 5.41) is 8.49. The Morgan fingerprint density at radius 2 is 1.28 bits per heavy atom. The van der Waals surface area contributed by atoms with Crippen LogP contribution in [-0.2, 0) is 35.9 Å². The number of ether oxygens (including phenoxy) is 2. The van der Waals surface area contributed by atoms with Crippen molar-refractivity contribution in [3.63, 3.8) is 0 Å². The Labute approximate surface area is 315 Å². The van der Waals surface area contributed by atoms with Gasteiger partial charge < -0.3 is 26.4 Å². The van der Waals surface area contributed by atoms with Crippen LogP contribution in [0.15, 0.2) is 89.0 Å². The third kappa shape index (κ3) is 12.8. The van der Waals surface area contributed by atoms with Crippen molar-refractivity contribution in [2.75, 3.05) is 0 Å². The number of unbranched alkanes of at least 4 members (excludes halogenated alkanes) is 1. The first-order chi connectivity index (χ1) is 22.0. The average Bonchev–Trinajstić information content (AvgIpc) is 3.71. The molecule has 238 valence electrons. The van der Waals surface area contributed by atoms with Gasteiger partial charge in [-0.15, -0.1) is 5.10 Å². The van der Waals surface area contributed by atoms with E-state index in [0.717, 1.165) is 17.5 Å². The minimum Gasteiger partial charge on any atom is -0.369 e. The maximum atomic E-state index is 11.8. The van der Waals surface area contributed by atoms with Crippen LogP contribution in [-0.4, -0.2) is 39.2 Å². The van der Waals surface area contributed by atoms with Crippen molar-refractivity contribution < 1.29 is 28.3 Å². The largest absolute Gasteiger partial charge is 1.00 e. The zero-order valence-electron chi connectivity index (χ0n) is 25.4. The van der Waals surface area contributed by atoms with Gasteiger partial charge >= 0.3 is 18.9 Å². The third-order valence-electron chi connectivity index (χ3n) is 5.80. The molecular formula is C30H32I3LiN8O4. The van der Waals surface area contributed by atoms with Crippen molar-refractivity contribution in [2.24, 2.45) is 0 Å². The first-order valence-electron chi connectivity index (χ1n) is 13.7. The van der Waals surface area contributed by atoms with Crippen LogP contribution < -0.4 is 30.0 Å². The van der Waals surface area contributed by atoms with Crippen LogP contribution in [0.1, 0.15) is 42.5 Å². The SMILES string of the molecule is II.O=c1[nH]c(COCc2ccccc2)nn2c(I)ncc12.O=c1[nH]c(COCc2ccccc2)nn2cncc12.[CH2-]CCC.[Li+]. The summed E-state index contributed by atoms with van der Waals surface area (Å²) in [5.41, 5.74) is 2.58. The van der Waals surface area contributed by atoms with Crippen LogP contribution in [0, 0.1) is 10.8 Å². The number of aromatic amines is 2. The van der Waals surface area contributed by atoms with Crippen molar-refractivity contribution in [2.45, 2.75) is 46.2 Å². The van der Waals surface area contributed by atoms with E-state index in [9.17, 15) is 9.59 Å². The van der Waals surface area contributed by atoms with E-state index in [1.807, 2.05) is 83.3 Å². The van der Waals surface area contributed by atoms with Crippen LogP contribution in [0.5, 0.6) is 0 Å². The van der Waals surface area contributed by atoms with Crippen molar-refractivity contribution in [1.29, 1.82) is 0 Å². The van der Waals surface area contributed by atoms with E-state index in [1.54, 1.807) is 0 Å². The van der Waals surface area contributed by atoms with Gasteiger partial charge in [-0.3, -0.25) is 9.59 Å². The molecule has 0 aliphatic heterocycles. The van der Waals surface area contributed by atoms with E-state index in [1.165, 1.54) is 34.2 Å². The maximum Gasteiger partial charge on any atom is 1.00 e. The Bertz CT molecular complexity index is 1830. The smallest absolute Gasteiger partial charge is 0.369 e. The third-order valence-corrected chi connectivity index (χ3v) is 6.54. The molecule has 0 spiro atoms. The second kappa shape index (κ2) is 22.4. The summed E-state index contributed by atoms with van der Waals surface area (Å²) in [5.74, 6) is 0.959. The summed E-state index contributed by atoms with van der Waals surface area (Å²) in [7, 11) is 0. The van der Waals surface area contributed by atoms with Crippen LogP contribution in [0.4, 0.5) is 0 Å². The van der Waals surface area contributed by atoms with Gasteiger partial charge in [0.05, 0.1) is 25.6 Å². The van der Waals surface area contributed by atoms with Gasteiger partial charge in [0.25, 0.3) is 11.1 Å². The van der Waals surface area contributed by atoms with Crippen molar-refractivity contribution in [1.82, 2.24) is 39.2 Å². The molecule has 0 radical (unpaired) electrons. The molecule has 6 rings (SSSR count). The van der Waals surface area contributed by atoms with Gasteiger partial charge in [0, 0.05) is 59.8 Å². The molecule has 0 amide bonds. The summed E-state index contributed by atoms with van der Waals surface area (Å²) in [4.78, 5) is 36.8. The number of aromatic nitrogens is 8. The molecule has 0 aliphatic carbocycles. The van der Waals surface area contributed by atoms with E-state index < -0.39 is 0 Å². The fraction of sp³-hybridized carbons (Fsp3) is 0.233. The zero-order valence-corrected chi connectivity index (χ0v) is 31.9. The van der Waals surface area contributed by atoms with Crippen LogP contribution in [0.25, 0.3) is 11.0 Å². The van der Waals surface area contributed by atoms with Gasteiger partial charge in [-0.25, -0.2) is 19.0 Å². The monoisotopic (exact) mass is 956 g/mol. The van der Waals surface area contributed by atoms with Gasteiger partial charge in [-0.05, 0) is 11.1 Å². The quantitative estimate of drug-likeness (QED) is 0.128. The number of rotatable bonds is 9. The summed E-state index contributed by atoms with van der Waals surface area (Å²) in [6, 6.07) is 19.7. The Morgan fingerprint density at radius 1 is 0.783 bits per heavy atom. The topological polar surface area (TPSA) is 145 Å². The molecule has 0 unspecified atom stereocenters. The van der Waals surface area contributed by atoms with Gasteiger partial charge in [-0.1, -0.05) is 74.0 Å². The van der Waals surface area contributed by atoms with Gasteiger partial charge in [0.15, 0.2) is 21.0 Å². The molecule has 12 nitrogen and oxygen atoms in total. The molecule has 0 aliphatic rings. The Morgan fingerprint density at radius 3 is 1.80 bits per heavy atom. The molecule has 4 heterocycles. The van der Waals surface area contributed by atoms with E-state index in [0.29, 0.717) is 39.7 Å². The number of hydrogen-bond donors (Lipinski definition) is 2. The molecule has 0 fully saturated rings. The van der Waals surface area contributed by atoms with E-state index in [-0.39, 0.29) is 43.2 Å². The average molecular weight is 956 g/mol. The van der Waals surface area contributed by atoms with Gasteiger partial charge in [0.1, 0.15) is 25.1 Å². The predicted octanol–water partition coefficient (Wildman–Crippen LogP) is 3.27. The number of H-pyrrole nitrogens is 2. The second-order valence-corrected chi connectivity index (χ2v) is 10.1. The number of hydrogen-bond acceptors (Lipinski definition) is 8. The second-order valence-electron chi connectivity index (χ2n) is 9.16. The number of halogens is 3. The van der Waals surface area contributed by atoms with Gasteiger partial charge in [-0.2, -0.15) is 11.5 Å². The molecule has 46 heavy (non-hydrogen) atoms. The fourth-order valence-electron chi connectivity index (χ4n) is 3.60. The Kier molecular flexibility index (Phi) is 19.5. The van der Waals surface area contributed by atoms with E-state index in [4.69, 9.17) is 9.47 Å². The first-order valence-corrected chi connectivity index (χ1v) is 21.1. The minimum atomic E-state index is -0.217. The summed E-state index contributed by atoms with van der Waals surface area (Å²) in [6.07, 6.45) is 6.74. The number of nitrogens with zero attached hydrogens (tertiary/aromatic N) is 6. The van der Waals surface area contributed by atoms with Crippen LogP contribution >= 0.6 is 59.8 Å². The molecule has 16 heteroatoms.